The third kappa shape index (κ3) is 4.45. The van der Waals surface area contributed by atoms with Gasteiger partial charge in [0.25, 0.3) is 0 Å². The summed E-state index contributed by atoms with van der Waals surface area (Å²) < 4.78 is 5.95. The number of hydrogen-bond acceptors (Lipinski definition) is 6. The van der Waals surface area contributed by atoms with Gasteiger partial charge >= 0.3 is 5.97 Å². The fourth-order valence-electron chi connectivity index (χ4n) is 3.48. The van der Waals surface area contributed by atoms with Crippen molar-refractivity contribution in [3.63, 3.8) is 0 Å². The van der Waals surface area contributed by atoms with Gasteiger partial charge in [0, 0.05) is 16.8 Å². The van der Waals surface area contributed by atoms with E-state index in [0.717, 1.165) is 33.5 Å². The molecule has 32 heavy (non-hydrogen) atoms. The van der Waals surface area contributed by atoms with Gasteiger partial charge in [0.15, 0.2) is 0 Å². The number of benzene rings is 2. The summed E-state index contributed by atoms with van der Waals surface area (Å²) in [6, 6.07) is 15.7. The maximum Gasteiger partial charge on any atom is 0.341 e. The van der Waals surface area contributed by atoms with Gasteiger partial charge in [-0.25, -0.2) is 4.79 Å². The van der Waals surface area contributed by atoms with Crippen molar-refractivity contribution in [2.45, 2.75) is 27.4 Å². The lowest BCUT2D eigenvalue weighted by Gasteiger charge is -2.16. The predicted molar refractivity (Wildman–Crippen MR) is 122 cm³/mol. The monoisotopic (exact) mass is 451 g/mol. The van der Waals surface area contributed by atoms with Gasteiger partial charge in [0.1, 0.15) is 17.9 Å². The molecule has 0 bridgehead atoms. The highest BCUT2D eigenvalue weighted by atomic mass is 35.5. The Labute approximate surface area is 191 Å². The van der Waals surface area contributed by atoms with Crippen LogP contribution in [0.5, 0.6) is 5.75 Å². The first-order valence-electron chi connectivity index (χ1n) is 9.71. The molecule has 0 aliphatic heterocycles. The van der Waals surface area contributed by atoms with Crippen molar-refractivity contribution in [3.8, 4) is 28.3 Å². The van der Waals surface area contributed by atoms with E-state index in [2.05, 4.69) is 25.6 Å². The van der Waals surface area contributed by atoms with Gasteiger partial charge in [-0.15, -0.1) is 22.6 Å². The first kappa shape index (κ1) is 22.9. The molecule has 0 fully saturated rings. The molecule has 9 heteroatoms. The van der Waals surface area contributed by atoms with Crippen LogP contribution in [0.15, 0.2) is 48.5 Å². The number of aromatic nitrogens is 5. The van der Waals surface area contributed by atoms with Gasteiger partial charge in [0.05, 0.1) is 5.69 Å². The number of nitrogens with zero attached hydrogens (tertiary/aromatic N) is 4. The Kier molecular flexibility index (Phi) is 6.85. The normalized spacial score (nSPS) is 10.5. The number of hydrogen-bond donors (Lipinski definition) is 2. The smallest absolute Gasteiger partial charge is 0.341 e. The van der Waals surface area contributed by atoms with Crippen LogP contribution in [0.4, 0.5) is 0 Å². The van der Waals surface area contributed by atoms with Crippen molar-refractivity contribution >= 4 is 18.4 Å². The number of H-pyrrole nitrogens is 1. The number of tetrazole rings is 1. The maximum absolute atomic E-state index is 11.7. The minimum Gasteiger partial charge on any atom is -0.488 e. The van der Waals surface area contributed by atoms with Crippen LogP contribution in [0.25, 0.3) is 22.5 Å². The lowest BCUT2D eigenvalue weighted by Crippen LogP contribution is -2.10. The quantitative estimate of drug-likeness (QED) is 0.441. The molecule has 2 aromatic carbocycles. The first-order valence-corrected chi connectivity index (χ1v) is 9.71. The van der Waals surface area contributed by atoms with Crippen LogP contribution in [-0.2, 0) is 6.61 Å². The predicted octanol–water partition coefficient (Wildman–Crippen LogP) is 4.55. The molecule has 0 aliphatic rings. The van der Waals surface area contributed by atoms with Crippen LogP contribution in [0, 0.1) is 20.8 Å². The molecule has 2 N–H and O–H groups in total. The summed E-state index contributed by atoms with van der Waals surface area (Å²) in [4.78, 5) is 16.0. The summed E-state index contributed by atoms with van der Waals surface area (Å²) in [6.45, 7) is 5.59. The van der Waals surface area contributed by atoms with E-state index in [0.29, 0.717) is 17.3 Å². The largest absolute Gasteiger partial charge is 0.488 e. The minimum atomic E-state index is -1.04. The number of aromatic carboxylic acids is 1. The third-order valence-corrected chi connectivity index (χ3v) is 5.18. The van der Waals surface area contributed by atoms with Crippen LogP contribution < -0.4 is 4.74 Å². The van der Waals surface area contributed by atoms with Crippen LogP contribution >= 0.6 is 12.4 Å². The number of carboxylic acid groups (broad SMARTS) is 1. The molecule has 0 saturated heterocycles. The van der Waals surface area contributed by atoms with E-state index in [9.17, 15) is 9.90 Å². The average Bonchev–Trinajstić information content (AvgIpc) is 3.30. The Morgan fingerprint density at radius 2 is 1.69 bits per heavy atom. The van der Waals surface area contributed by atoms with Crippen molar-refractivity contribution in [2.75, 3.05) is 0 Å². The Balaban J connectivity index is 0.00000289. The maximum atomic E-state index is 11.7. The molecule has 0 spiro atoms. The summed E-state index contributed by atoms with van der Waals surface area (Å²) in [6.07, 6.45) is 0. The first-order chi connectivity index (χ1) is 15.0. The van der Waals surface area contributed by atoms with Gasteiger partial charge in [-0.3, -0.25) is 4.98 Å². The molecule has 0 atom stereocenters. The molecule has 0 unspecified atom stereocenters. The van der Waals surface area contributed by atoms with Crippen LogP contribution in [0.2, 0.25) is 0 Å². The summed E-state index contributed by atoms with van der Waals surface area (Å²) in [5.41, 5.74) is 5.82. The van der Waals surface area contributed by atoms with Crippen molar-refractivity contribution < 1.29 is 14.6 Å². The Bertz CT molecular complexity index is 1240. The molecular formula is C23H22ClN5O3. The number of rotatable bonds is 6. The zero-order chi connectivity index (χ0) is 22.0. The molecule has 8 nitrogen and oxygen atoms in total. The highest BCUT2D eigenvalue weighted by molar-refractivity contribution is 5.92. The number of carboxylic acids is 1. The van der Waals surface area contributed by atoms with Gasteiger partial charge in [-0.2, -0.15) is 5.21 Å². The minimum absolute atomic E-state index is 0. The van der Waals surface area contributed by atoms with Crippen LogP contribution in [-0.4, -0.2) is 36.7 Å². The van der Waals surface area contributed by atoms with Gasteiger partial charge in [-0.05, 0) is 42.7 Å². The molecule has 0 amide bonds. The number of ether oxygens (including phenoxy) is 1. The number of nitrogens with one attached hydrogen (secondary N) is 1. The van der Waals surface area contributed by atoms with E-state index in [1.165, 1.54) is 0 Å². The Morgan fingerprint density at radius 1 is 1.00 bits per heavy atom. The molecule has 0 saturated carbocycles. The highest BCUT2D eigenvalue weighted by Crippen LogP contribution is 2.31. The average molecular weight is 452 g/mol. The molecule has 164 valence electrons. The molecule has 4 rings (SSSR count). The van der Waals surface area contributed by atoms with E-state index < -0.39 is 5.97 Å². The molecule has 4 aromatic rings. The zero-order valence-electron chi connectivity index (χ0n) is 17.8. The van der Waals surface area contributed by atoms with Crippen molar-refractivity contribution in [1.29, 1.82) is 0 Å². The molecule has 0 radical (unpaired) electrons. The van der Waals surface area contributed by atoms with Crippen LogP contribution in [0.3, 0.4) is 0 Å². The number of pyridine rings is 1. The number of aryl methyl sites for hydroxylation is 2. The second-order valence-corrected chi connectivity index (χ2v) is 7.18. The third-order valence-electron chi connectivity index (χ3n) is 5.18. The van der Waals surface area contributed by atoms with E-state index in [1.54, 1.807) is 6.92 Å². The Hall–Kier alpha value is -3.78. The van der Waals surface area contributed by atoms with Crippen molar-refractivity contribution in [1.82, 2.24) is 25.6 Å². The molecule has 2 aromatic heterocycles. The SMILES string of the molecule is Cc1nc(C)c(C(=O)O)c(OCc2ccc(-c3ccccc3-c3nn[nH]n3)cc2)c1C.Cl. The van der Waals surface area contributed by atoms with Gasteiger partial charge in [0.2, 0.25) is 5.82 Å². The van der Waals surface area contributed by atoms with Crippen molar-refractivity contribution in [2.24, 2.45) is 0 Å². The summed E-state index contributed by atoms with van der Waals surface area (Å²) in [5, 5.41) is 23.9. The zero-order valence-corrected chi connectivity index (χ0v) is 18.6. The number of carbonyl (C=O) groups is 1. The molecule has 2 heterocycles. The standard InChI is InChI=1S/C23H21N5O3.ClH/c1-13-14(2)24-15(3)20(23(29)30)21(13)31-12-16-8-10-17(11-9-16)18-6-4-5-7-19(18)22-25-27-28-26-22;/h4-11H,12H2,1-3H3,(H,29,30)(H,25,26,27,28);1H. The van der Waals surface area contributed by atoms with E-state index in [-0.39, 0.29) is 24.6 Å². The van der Waals surface area contributed by atoms with E-state index >= 15 is 0 Å². The fourth-order valence-corrected chi connectivity index (χ4v) is 3.48. The number of aromatic amines is 1. The fraction of sp³-hybridized carbons (Fsp3) is 0.174. The lowest BCUT2D eigenvalue weighted by molar-refractivity contribution is 0.0690. The molecule has 0 aliphatic carbocycles. The Morgan fingerprint density at radius 3 is 2.31 bits per heavy atom. The highest BCUT2D eigenvalue weighted by Gasteiger charge is 2.20. The summed E-state index contributed by atoms with van der Waals surface area (Å²) in [7, 11) is 0. The molecular weight excluding hydrogens is 430 g/mol. The van der Waals surface area contributed by atoms with Crippen LogP contribution in [0.1, 0.15) is 32.9 Å². The topological polar surface area (TPSA) is 114 Å². The second-order valence-electron chi connectivity index (χ2n) is 7.18. The van der Waals surface area contributed by atoms with Gasteiger partial charge < -0.3 is 9.84 Å². The summed E-state index contributed by atoms with van der Waals surface area (Å²) >= 11 is 0. The van der Waals surface area contributed by atoms with Crippen molar-refractivity contribution in [3.05, 3.63) is 76.6 Å². The second kappa shape index (κ2) is 9.57. The lowest BCUT2D eigenvalue weighted by atomic mass is 9.98. The summed E-state index contributed by atoms with van der Waals surface area (Å²) in [5.74, 6) is -0.149. The van der Waals surface area contributed by atoms with Gasteiger partial charge in [-0.1, -0.05) is 48.5 Å². The number of halogens is 1. The van der Waals surface area contributed by atoms with E-state index in [4.69, 9.17) is 4.74 Å². The van der Waals surface area contributed by atoms with E-state index in [1.807, 2.05) is 62.4 Å².